The lowest BCUT2D eigenvalue weighted by atomic mass is 10.1. The Morgan fingerprint density at radius 1 is 1.24 bits per heavy atom. The van der Waals surface area contributed by atoms with Gasteiger partial charge >= 0.3 is 0 Å². The number of sulfonamides is 1. The summed E-state index contributed by atoms with van der Waals surface area (Å²) < 4.78 is 51.2. The summed E-state index contributed by atoms with van der Waals surface area (Å²) in [5.41, 5.74) is 0.0995. The number of amides is 1. The van der Waals surface area contributed by atoms with Crippen molar-refractivity contribution in [3.8, 4) is 0 Å². The van der Waals surface area contributed by atoms with Crippen molar-refractivity contribution in [3.63, 3.8) is 0 Å². The van der Waals surface area contributed by atoms with Crippen LogP contribution >= 0.6 is 11.6 Å². The number of nitrogens with zero attached hydrogens (tertiary/aromatic N) is 2. The number of carbonyl (C=O) groups excluding carboxylic acids is 1. The van der Waals surface area contributed by atoms with E-state index in [1.54, 1.807) is 0 Å². The maximum atomic E-state index is 13.2. The van der Waals surface area contributed by atoms with E-state index in [1.165, 1.54) is 27.4 Å². The third-order valence-corrected chi connectivity index (χ3v) is 9.47. The first-order valence-electron chi connectivity index (χ1n) is 9.97. The molecule has 1 amide bonds. The standard InChI is InChI=1S/C19H27ClN2O5S2/c1-2-9-22(15-8-12-28(24,25)14-15)19(23)17-13-16(6-7-18(17)20)29(26,27)21-10-4-3-5-11-21/h6-7,13,15H,2-5,8-12,14H2,1H3/t15-/m0/s1. The molecule has 162 valence electrons. The molecule has 3 rings (SSSR count). The summed E-state index contributed by atoms with van der Waals surface area (Å²) in [6.45, 7) is 3.23. The van der Waals surface area contributed by atoms with Gasteiger partial charge in [0.05, 0.1) is 27.0 Å². The van der Waals surface area contributed by atoms with Crippen LogP contribution < -0.4 is 0 Å². The Bertz CT molecular complexity index is 972. The summed E-state index contributed by atoms with van der Waals surface area (Å²) in [7, 11) is -6.86. The van der Waals surface area contributed by atoms with Crippen LogP contribution in [0.3, 0.4) is 0 Å². The molecule has 7 nitrogen and oxygen atoms in total. The number of hydrogen-bond donors (Lipinski definition) is 0. The zero-order valence-electron chi connectivity index (χ0n) is 16.5. The van der Waals surface area contributed by atoms with E-state index >= 15 is 0 Å². The topological polar surface area (TPSA) is 91.8 Å². The van der Waals surface area contributed by atoms with Crippen molar-refractivity contribution in [3.05, 3.63) is 28.8 Å². The van der Waals surface area contributed by atoms with Crippen LogP contribution in [0.5, 0.6) is 0 Å². The van der Waals surface area contributed by atoms with E-state index in [9.17, 15) is 21.6 Å². The maximum Gasteiger partial charge on any atom is 0.255 e. The summed E-state index contributed by atoms with van der Waals surface area (Å²) in [5, 5.41) is 0.162. The Hall–Kier alpha value is -1.16. The molecule has 0 saturated carbocycles. The normalized spacial score (nSPS) is 22.5. The van der Waals surface area contributed by atoms with E-state index in [1.807, 2.05) is 6.92 Å². The van der Waals surface area contributed by atoms with Crippen molar-refractivity contribution in [2.75, 3.05) is 31.1 Å². The third kappa shape index (κ3) is 4.95. The zero-order chi connectivity index (χ0) is 21.2. The largest absolute Gasteiger partial charge is 0.335 e. The minimum atomic E-state index is -3.70. The molecule has 0 unspecified atom stereocenters. The second-order valence-corrected chi connectivity index (χ2v) is 12.2. The minimum absolute atomic E-state index is 0.0441. The molecule has 0 aliphatic carbocycles. The summed E-state index contributed by atoms with van der Waals surface area (Å²) in [4.78, 5) is 14.8. The number of sulfone groups is 1. The quantitative estimate of drug-likeness (QED) is 0.647. The van der Waals surface area contributed by atoms with E-state index in [0.717, 1.165) is 19.3 Å². The average molecular weight is 463 g/mol. The average Bonchev–Trinajstić information content (AvgIpc) is 3.06. The molecular weight excluding hydrogens is 436 g/mol. The summed E-state index contributed by atoms with van der Waals surface area (Å²) in [5.74, 6) is -0.431. The monoisotopic (exact) mass is 462 g/mol. The molecule has 2 aliphatic heterocycles. The van der Waals surface area contributed by atoms with Gasteiger partial charge in [0.1, 0.15) is 0 Å². The first kappa shape index (κ1) is 22.5. The van der Waals surface area contributed by atoms with Gasteiger partial charge in [-0.1, -0.05) is 24.9 Å². The second kappa shape index (κ2) is 8.91. The Morgan fingerprint density at radius 3 is 2.52 bits per heavy atom. The smallest absolute Gasteiger partial charge is 0.255 e. The third-order valence-electron chi connectivity index (χ3n) is 5.50. The van der Waals surface area contributed by atoms with Crippen LogP contribution in [0.25, 0.3) is 0 Å². The Balaban J connectivity index is 1.92. The first-order valence-corrected chi connectivity index (χ1v) is 13.6. The lowest BCUT2D eigenvalue weighted by molar-refractivity contribution is 0.0697. The molecule has 0 bridgehead atoms. The maximum absolute atomic E-state index is 13.2. The van der Waals surface area contributed by atoms with E-state index in [-0.39, 0.29) is 27.0 Å². The fourth-order valence-electron chi connectivity index (χ4n) is 3.95. The van der Waals surface area contributed by atoms with Crippen LogP contribution in [0.4, 0.5) is 0 Å². The van der Waals surface area contributed by atoms with Gasteiger partial charge in [0.2, 0.25) is 10.0 Å². The lowest BCUT2D eigenvalue weighted by Crippen LogP contribution is -2.42. The highest BCUT2D eigenvalue weighted by Crippen LogP contribution is 2.28. The van der Waals surface area contributed by atoms with E-state index in [2.05, 4.69) is 0 Å². The molecule has 0 spiro atoms. The van der Waals surface area contributed by atoms with Gasteiger partial charge < -0.3 is 4.90 Å². The number of carbonyl (C=O) groups is 1. The van der Waals surface area contributed by atoms with Crippen LogP contribution in [-0.2, 0) is 19.9 Å². The van der Waals surface area contributed by atoms with Gasteiger partial charge in [0, 0.05) is 25.7 Å². The number of piperidine rings is 1. The summed E-state index contributed by atoms with van der Waals surface area (Å²) in [6, 6.07) is 3.78. The molecule has 1 aromatic rings. The molecule has 0 radical (unpaired) electrons. The molecular formula is C19H27ClN2O5S2. The van der Waals surface area contributed by atoms with Crippen molar-refractivity contribution in [2.45, 2.75) is 50.0 Å². The Labute approximate surface area is 178 Å². The number of benzene rings is 1. The van der Waals surface area contributed by atoms with Crippen LogP contribution in [0, 0.1) is 0 Å². The zero-order valence-corrected chi connectivity index (χ0v) is 18.9. The minimum Gasteiger partial charge on any atom is -0.335 e. The lowest BCUT2D eigenvalue weighted by Gasteiger charge is -2.29. The summed E-state index contributed by atoms with van der Waals surface area (Å²) >= 11 is 6.26. The van der Waals surface area contributed by atoms with Crippen LogP contribution in [-0.4, -0.2) is 69.1 Å². The molecule has 29 heavy (non-hydrogen) atoms. The van der Waals surface area contributed by atoms with Gasteiger partial charge in [-0.15, -0.1) is 0 Å². The van der Waals surface area contributed by atoms with E-state index < -0.39 is 31.8 Å². The molecule has 1 aromatic carbocycles. The number of rotatable bonds is 6. The highest BCUT2D eigenvalue weighted by molar-refractivity contribution is 7.91. The predicted molar refractivity (Wildman–Crippen MR) is 112 cm³/mol. The molecule has 2 aliphatic rings. The van der Waals surface area contributed by atoms with Crippen LogP contribution in [0.1, 0.15) is 49.4 Å². The highest BCUT2D eigenvalue weighted by atomic mass is 35.5. The summed E-state index contributed by atoms with van der Waals surface area (Å²) in [6.07, 6.45) is 3.69. The fourth-order valence-corrected chi connectivity index (χ4v) is 7.42. The SMILES string of the molecule is CCCN(C(=O)c1cc(S(=O)(=O)N2CCCCC2)ccc1Cl)[C@H]1CCS(=O)(=O)C1. The molecule has 1 atom stereocenters. The molecule has 0 N–H and O–H groups in total. The van der Waals surface area contributed by atoms with Gasteiger partial charge in [-0.25, -0.2) is 16.8 Å². The van der Waals surface area contributed by atoms with Crippen LogP contribution in [0.15, 0.2) is 23.1 Å². The number of halogens is 1. The van der Waals surface area contributed by atoms with E-state index in [4.69, 9.17) is 11.6 Å². The van der Waals surface area contributed by atoms with Crippen molar-refractivity contribution in [1.82, 2.24) is 9.21 Å². The highest BCUT2D eigenvalue weighted by Gasteiger charge is 2.36. The first-order chi connectivity index (χ1) is 13.7. The van der Waals surface area contributed by atoms with Crippen molar-refractivity contribution in [2.24, 2.45) is 0 Å². The molecule has 10 heteroatoms. The molecule has 2 fully saturated rings. The van der Waals surface area contributed by atoms with Crippen molar-refractivity contribution in [1.29, 1.82) is 0 Å². The fraction of sp³-hybridized carbons (Fsp3) is 0.632. The van der Waals surface area contributed by atoms with Gasteiger partial charge in [-0.3, -0.25) is 4.79 Å². The van der Waals surface area contributed by atoms with Gasteiger partial charge in [0.25, 0.3) is 5.91 Å². The molecule has 2 heterocycles. The molecule has 0 aromatic heterocycles. The van der Waals surface area contributed by atoms with E-state index in [0.29, 0.717) is 32.5 Å². The Morgan fingerprint density at radius 2 is 1.93 bits per heavy atom. The van der Waals surface area contributed by atoms with Crippen molar-refractivity contribution >= 4 is 37.4 Å². The second-order valence-electron chi connectivity index (χ2n) is 7.66. The van der Waals surface area contributed by atoms with Gasteiger partial charge in [-0.05, 0) is 43.9 Å². The molecule has 2 saturated heterocycles. The van der Waals surface area contributed by atoms with Gasteiger partial charge in [-0.2, -0.15) is 4.31 Å². The number of hydrogen-bond acceptors (Lipinski definition) is 5. The van der Waals surface area contributed by atoms with Gasteiger partial charge in [0.15, 0.2) is 9.84 Å². The predicted octanol–water partition coefficient (Wildman–Crippen LogP) is 2.55. The van der Waals surface area contributed by atoms with Crippen molar-refractivity contribution < 1.29 is 21.6 Å². The Kier molecular flexibility index (Phi) is 6.92. The van der Waals surface area contributed by atoms with Crippen LogP contribution in [0.2, 0.25) is 5.02 Å².